The molecule has 2 heterocycles. The molecule has 118 valence electrons. The van der Waals surface area contributed by atoms with Gasteiger partial charge >= 0.3 is 0 Å². The number of aromatic nitrogens is 2. The van der Waals surface area contributed by atoms with Crippen LogP contribution in [0.2, 0.25) is 0 Å². The van der Waals surface area contributed by atoms with Crippen molar-refractivity contribution in [1.82, 2.24) is 19.8 Å². The number of nitrogens with zero attached hydrogens (tertiary/aromatic N) is 4. The van der Waals surface area contributed by atoms with Gasteiger partial charge in [-0.3, -0.25) is 14.6 Å². The highest BCUT2D eigenvalue weighted by Gasteiger charge is 2.25. The van der Waals surface area contributed by atoms with Crippen molar-refractivity contribution >= 4 is 11.8 Å². The summed E-state index contributed by atoms with van der Waals surface area (Å²) >= 11 is 0. The van der Waals surface area contributed by atoms with Gasteiger partial charge in [-0.1, -0.05) is 30.3 Å². The van der Waals surface area contributed by atoms with Crippen molar-refractivity contribution in [2.45, 2.75) is 6.42 Å². The zero-order valence-electron chi connectivity index (χ0n) is 12.8. The molecule has 1 aromatic heterocycles. The van der Waals surface area contributed by atoms with Gasteiger partial charge in [0.25, 0.3) is 5.91 Å². The number of benzene rings is 1. The molecular weight excluding hydrogens is 292 g/mol. The molecule has 0 spiro atoms. The van der Waals surface area contributed by atoms with Gasteiger partial charge in [0, 0.05) is 38.6 Å². The molecule has 0 radical (unpaired) electrons. The molecule has 0 N–H and O–H groups in total. The quantitative estimate of drug-likeness (QED) is 0.848. The van der Waals surface area contributed by atoms with E-state index in [0.717, 1.165) is 5.56 Å². The Labute approximate surface area is 134 Å². The molecule has 1 aromatic carbocycles. The monoisotopic (exact) mass is 310 g/mol. The lowest BCUT2D eigenvalue weighted by Crippen LogP contribution is -2.51. The van der Waals surface area contributed by atoms with E-state index in [0.29, 0.717) is 38.3 Å². The Morgan fingerprint density at radius 3 is 2.30 bits per heavy atom. The van der Waals surface area contributed by atoms with Crippen molar-refractivity contribution in [3.8, 4) is 0 Å². The molecule has 0 bridgehead atoms. The summed E-state index contributed by atoms with van der Waals surface area (Å²) < 4.78 is 0. The van der Waals surface area contributed by atoms with Crippen LogP contribution in [0.4, 0.5) is 0 Å². The van der Waals surface area contributed by atoms with Crippen molar-refractivity contribution in [2.24, 2.45) is 0 Å². The van der Waals surface area contributed by atoms with Crippen LogP contribution >= 0.6 is 0 Å². The van der Waals surface area contributed by atoms with Crippen molar-refractivity contribution in [1.29, 1.82) is 0 Å². The normalized spacial score (nSPS) is 14.6. The number of carbonyl (C=O) groups excluding carboxylic acids is 2. The minimum Gasteiger partial charge on any atom is -0.339 e. The lowest BCUT2D eigenvalue weighted by Gasteiger charge is -2.34. The Morgan fingerprint density at radius 1 is 0.957 bits per heavy atom. The zero-order chi connectivity index (χ0) is 16.1. The summed E-state index contributed by atoms with van der Waals surface area (Å²) in [5.74, 6) is -0.0314. The largest absolute Gasteiger partial charge is 0.339 e. The van der Waals surface area contributed by atoms with Crippen LogP contribution in [0, 0.1) is 0 Å². The van der Waals surface area contributed by atoms with Gasteiger partial charge in [-0.25, -0.2) is 4.98 Å². The van der Waals surface area contributed by atoms with Gasteiger partial charge in [-0.2, -0.15) is 0 Å². The summed E-state index contributed by atoms with van der Waals surface area (Å²) in [6, 6.07) is 9.70. The Bertz CT molecular complexity index is 668. The van der Waals surface area contributed by atoms with Crippen LogP contribution in [0.5, 0.6) is 0 Å². The van der Waals surface area contributed by atoms with E-state index in [9.17, 15) is 9.59 Å². The molecule has 2 amide bonds. The van der Waals surface area contributed by atoms with Gasteiger partial charge in [0.2, 0.25) is 5.91 Å². The first-order chi connectivity index (χ1) is 11.2. The highest BCUT2D eigenvalue weighted by Crippen LogP contribution is 2.09. The van der Waals surface area contributed by atoms with Crippen LogP contribution < -0.4 is 0 Å². The molecule has 1 fully saturated rings. The molecule has 1 saturated heterocycles. The van der Waals surface area contributed by atoms with Gasteiger partial charge < -0.3 is 9.80 Å². The predicted octanol–water partition coefficient (Wildman–Crippen LogP) is 1.00. The number of amides is 2. The Balaban J connectivity index is 1.54. The van der Waals surface area contributed by atoms with E-state index in [2.05, 4.69) is 9.97 Å². The maximum absolute atomic E-state index is 12.3. The van der Waals surface area contributed by atoms with Gasteiger partial charge in [-0.15, -0.1) is 0 Å². The fraction of sp³-hybridized carbons (Fsp3) is 0.294. The second kappa shape index (κ2) is 7.00. The Hall–Kier alpha value is -2.76. The van der Waals surface area contributed by atoms with Crippen LogP contribution in [0.15, 0.2) is 48.9 Å². The molecular formula is C17H18N4O2. The molecule has 0 atom stereocenters. The minimum atomic E-state index is -0.131. The summed E-state index contributed by atoms with van der Waals surface area (Å²) in [5.41, 5.74) is 1.35. The maximum atomic E-state index is 12.3. The molecule has 0 saturated carbocycles. The number of rotatable bonds is 3. The van der Waals surface area contributed by atoms with Crippen molar-refractivity contribution < 1.29 is 9.59 Å². The third-order valence-corrected chi connectivity index (χ3v) is 3.90. The van der Waals surface area contributed by atoms with E-state index < -0.39 is 0 Å². The smallest absolute Gasteiger partial charge is 0.274 e. The molecule has 23 heavy (non-hydrogen) atoms. The highest BCUT2D eigenvalue weighted by atomic mass is 16.2. The first kappa shape index (κ1) is 15.1. The number of carbonyl (C=O) groups is 2. The molecule has 1 aliphatic heterocycles. The fourth-order valence-electron chi connectivity index (χ4n) is 2.61. The lowest BCUT2D eigenvalue weighted by atomic mass is 10.1. The van der Waals surface area contributed by atoms with Crippen LogP contribution in [-0.2, 0) is 11.2 Å². The average molecular weight is 310 g/mol. The third-order valence-electron chi connectivity index (χ3n) is 3.90. The van der Waals surface area contributed by atoms with Crippen LogP contribution in [0.25, 0.3) is 0 Å². The number of hydrogen-bond donors (Lipinski definition) is 0. The maximum Gasteiger partial charge on any atom is 0.274 e. The van der Waals surface area contributed by atoms with Gasteiger partial charge in [0.05, 0.1) is 12.6 Å². The zero-order valence-corrected chi connectivity index (χ0v) is 12.8. The molecule has 0 unspecified atom stereocenters. The third kappa shape index (κ3) is 3.71. The molecule has 2 aromatic rings. The molecule has 6 heteroatoms. The molecule has 1 aliphatic rings. The SMILES string of the molecule is O=C(Cc1ccccc1)N1CCN(C(=O)c2cnccn2)CC1. The minimum absolute atomic E-state index is 0.0998. The summed E-state index contributed by atoms with van der Waals surface area (Å²) in [6.45, 7) is 2.15. The Morgan fingerprint density at radius 2 is 1.65 bits per heavy atom. The lowest BCUT2D eigenvalue weighted by molar-refractivity contribution is -0.131. The van der Waals surface area contributed by atoms with Crippen molar-refractivity contribution in [3.63, 3.8) is 0 Å². The van der Waals surface area contributed by atoms with Gasteiger partial charge in [0.15, 0.2) is 0 Å². The summed E-state index contributed by atoms with van der Waals surface area (Å²) in [5, 5.41) is 0. The van der Waals surface area contributed by atoms with E-state index in [4.69, 9.17) is 0 Å². The van der Waals surface area contributed by atoms with E-state index in [1.165, 1.54) is 18.6 Å². The average Bonchev–Trinajstić information content (AvgIpc) is 2.63. The van der Waals surface area contributed by atoms with Gasteiger partial charge in [-0.05, 0) is 5.56 Å². The van der Waals surface area contributed by atoms with E-state index in [-0.39, 0.29) is 11.8 Å². The topological polar surface area (TPSA) is 66.4 Å². The Kier molecular flexibility index (Phi) is 4.61. The number of piperazine rings is 1. The van der Waals surface area contributed by atoms with E-state index in [1.807, 2.05) is 35.2 Å². The van der Waals surface area contributed by atoms with Gasteiger partial charge in [0.1, 0.15) is 5.69 Å². The molecule has 3 rings (SSSR count). The first-order valence-electron chi connectivity index (χ1n) is 7.61. The second-order valence-corrected chi connectivity index (χ2v) is 5.43. The summed E-state index contributed by atoms with van der Waals surface area (Å²) in [7, 11) is 0. The highest BCUT2D eigenvalue weighted by molar-refractivity contribution is 5.92. The van der Waals surface area contributed by atoms with Crippen molar-refractivity contribution in [3.05, 3.63) is 60.2 Å². The molecule has 6 nitrogen and oxygen atoms in total. The fourth-order valence-corrected chi connectivity index (χ4v) is 2.61. The van der Waals surface area contributed by atoms with Crippen LogP contribution in [0.1, 0.15) is 16.1 Å². The summed E-state index contributed by atoms with van der Waals surface area (Å²) in [4.78, 5) is 36.1. The molecule has 0 aliphatic carbocycles. The second-order valence-electron chi connectivity index (χ2n) is 5.43. The van der Waals surface area contributed by atoms with E-state index >= 15 is 0 Å². The first-order valence-corrected chi connectivity index (χ1v) is 7.61. The van der Waals surface area contributed by atoms with Crippen LogP contribution in [-0.4, -0.2) is 57.8 Å². The predicted molar refractivity (Wildman–Crippen MR) is 84.7 cm³/mol. The standard InChI is InChI=1S/C17H18N4O2/c22-16(12-14-4-2-1-3-5-14)20-8-10-21(11-9-20)17(23)15-13-18-6-7-19-15/h1-7,13H,8-12H2. The van der Waals surface area contributed by atoms with Crippen molar-refractivity contribution in [2.75, 3.05) is 26.2 Å². The van der Waals surface area contributed by atoms with Crippen LogP contribution in [0.3, 0.4) is 0 Å². The summed E-state index contributed by atoms with van der Waals surface area (Å²) in [6.07, 6.45) is 4.91. The van der Waals surface area contributed by atoms with E-state index in [1.54, 1.807) is 4.90 Å². The number of hydrogen-bond acceptors (Lipinski definition) is 4.